The van der Waals surface area contributed by atoms with E-state index in [4.69, 9.17) is 27.9 Å². The molecule has 23 heavy (non-hydrogen) atoms. The molecule has 6 heteroatoms. The number of amides is 1. The highest BCUT2D eigenvalue weighted by Gasteiger charge is 2.11. The van der Waals surface area contributed by atoms with Gasteiger partial charge in [0.05, 0.1) is 17.8 Å². The summed E-state index contributed by atoms with van der Waals surface area (Å²) in [6.45, 7) is 0. The van der Waals surface area contributed by atoms with Crippen LogP contribution < -0.4 is 10.1 Å². The van der Waals surface area contributed by atoms with Crippen LogP contribution in [0.4, 0.5) is 5.69 Å². The number of carbonyl (C=O) groups is 1. The van der Waals surface area contributed by atoms with Crippen LogP contribution in [0.3, 0.4) is 0 Å². The zero-order valence-corrected chi connectivity index (χ0v) is 13.7. The second-order valence-corrected chi connectivity index (χ2v) is 5.36. The lowest BCUT2D eigenvalue weighted by Gasteiger charge is -2.07. The molecule has 0 atom stereocenters. The summed E-state index contributed by atoms with van der Waals surface area (Å²) in [7, 11) is 1.56. The fraction of sp³-hybridized carbons (Fsp3) is 0.0588. The summed E-state index contributed by atoms with van der Waals surface area (Å²) in [5, 5.41) is 12.5. The lowest BCUT2D eigenvalue weighted by Crippen LogP contribution is -2.13. The van der Waals surface area contributed by atoms with Crippen LogP contribution in [-0.2, 0) is 4.79 Å². The van der Waals surface area contributed by atoms with Crippen LogP contribution in [0.15, 0.2) is 48.0 Å². The predicted octanol–water partition coefficient (Wildman–Crippen LogP) is 4.55. The molecule has 0 saturated carbocycles. The van der Waals surface area contributed by atoms with Crippen molar-refractivity contribution in [3.05, 3.63) is 63.6 Å². The Morgan fingerprint density at radius 3 is 2.48 bits per heavy atom. The van der Waals surface area contributed by atoms with E-state index in [1.807, 2.05) is 6.07 Å². The van der Waals surface area contributed by atoms with Crippen molar-refractivity contribution >= 4 is 40.9 Å². The fourth-order valence-electron chi connectivity index (χ4n) is 1.80. The number of hydrogen-bond donors (Lipinski definition) is 1. The fourth-order valence-corrected chi connectivity index (χ4v) is 2.25. The summed E-state index contributed by atoms with van der Waals surface area (Å²) < 4.78 is 5.06. The SMILES string of the molecule is COc1ccc(/C=C(\C#N)C(=O)Nc2ccc(Cl)cc2Cl)cc1. The molecule has 0 radical (unpaired) electrons. The van der Waals surface area contributed by atoms with E-state index in [9.17, 15) is 10.1 Å². The topological polar surface area (TPSA) is 62.1 Å². The molecule has 0 spiro atoms. The van der Waals surface area contributed by atoms with Gasteiger partial charge in [0.25, 0.3) is 5.91 Å². The first kappa shape index (κ1) is 16.9. The number of carbonyl (C=O) groups excluding carboxylic acids is 1. The van der Waals surface area contributed by atoms with Crippen molar-refractivity contribution in [3.63, 3.8) is 0 Å². The molecule has 0 heterocycles. The smallest absolute Gasteiger partial charge is 0.266 e. The number of nitriles is 1. The van der Waals surface area contributed by atoms with E-state index < -0.39 is 5.91 Å². The van der Waals surface area contributed by atoms with Gasteiger partial charge in [0.1, 0.15) is 17.4 Å². The first-order chi connectivity index (χ1) is 11.0. The third kappa shape index (κ3) is 4.49. The van der Waals surface area contributed by atoms with Crippen molar-refractivity contribution < 1.29 is 9.53 Å². The zero-order chi connectivity index (χ0) is 16.8. The lowest BCUT2D eigenvalue weighted by atomic mass is 10.1. The highest BCUT2D eigenvalue weighted by atomic mass is 35.5. The molecule has 0 aliphatic carbocycles. The Labute approximate surface area is 143 Å². The van der Waals surface area contributed by atoms with Crippen LogP contribution in [0.2, 0.25) is 10.0 Å². The molecule has 2 aromatic rings. The Bertz CT molecular complexity index is 793. The number of rotatable bonds is 4. The van der Waals surface area contributed by atoms with Crippen molar-refractivity contribution in [2.45, 2.75) is 0 Å². The maximum atomic E-state index is 12.2. The molecule has 2 aromatic carbocycles. The molecule has 4 nitrogen and oxygen atoms in total. The van der Waals surface area contributed by atoms with Crippen LogP contribution in [-0.4, -0.2) is 13.0 Å². The monoisotopic (exact) mass is 346 g/mol. The maximum Gasteiger partial charge on any atom is 0.266 e. The number of methoxy groups -OCH3 is 1. The minimum atomic E-state index is -0.549. The Morgan fingerprint density at radius 1 is 1.22 bits per heavy atom. The van der Waals surface area contributed by atoms with E-state index in [1.54, 1.807) is 43.5 Å². The molecule has 0 saturated heterocycles. The van der Waals surface area contributed by atoms with Crippen molar-refractivity contribution in [2.75, 3.05) is 12.4 Å². The first-order valence-corrected chi connectivity index (χ1v) is 7.31. The Hall–Kier alpha value is -2.48. The Balaban J connectivity index is 2.20. The Morgan fingerprint density at radius 2 is 1.91 bits per heavy atom. The molecular weight excluding hydrogens is 335 g/mol. The number of nitrogens with one attached hydrogen (secondary N) is 1. The number of ether oxygens (including phenoxy) is 1. The maximum absolute atomic E-state index is 12.2. The summed E-state index contributed by atoms with van der Waals surface area (Å²) in [6, 6.07) is 13.6. The minimum absolute atomic E-state index is 0.0406. The average Bonchev–Trinajstić information content (AvgIpc) is 2.55. The van der Waals surface area contributed by atoms with E-state index in [0.29, 0.717) is 27.0 Å². The summed E-state index contributed by atoms with van der Waals surface area (Å²) in [5.74, 6) is 0.144. The third-order valence-corrected chi connectivity index (χ3v) is 3.52. The van der Waals surface area contributed by atoms with Gasteiger partial charge < -0.3 is 10.1 Å². The van der Waals surface area contributed by atoms with E-state index in [-0.39, 0.29) is 5.57 Å². The van der Waals surface area contributed by atoms with Gasteiger partial charge in [-0.15, -0.1) is 0 Å². The van der Waals surface area contributed by atoms with Crippen molar-refractivity contribution in [1.82, 2.24) is 0 Å². The van der Waals surface area contributed by atoms with Crippen LogP contribution >= 0.6 is 23.2 Å². The molecule has 0 aliphatic rings. The van der Waals surface area contributed by atoms with Gasteiger partial charge in [0.2, 0.25) is 0 Å². The Kier molecular flexibility index (Phi) is 5.64. The largest absolute Gasteiger partial charge is 0.497 e. The molecule has 0 unspecified atom stereocenters. The minimum Gasteiger partial charge on any atom is -0.497 e. The van der Waals surface area contributed by atoms with E-state index in [1.165, 1.54) is 12.1 Å². The van der Waals surface area contributed by atoms with Crippen molar-refractivity contribution in [1.29, 1.82) is 5.26 Å². The van der Waals surface area contributed by atoms with E-state index >= 15 is 0 Å². The van der Waals surface area contributed by atoms with Crippen LogP contribution in [0.5, 0.6) is 5.75 Å². The summed E-state index contributed by atoms with van der Waals surface area (Å²) in [6.07, 6.45) is 1.48. The van der Waals surface area contributed by atoms with E-state index in [2.05, 4.69) is 5.32 Å². The number of nitrogens with zero attached hydrogens (tertiary/aromatic N) is 1. The molecule has 1 N–H and O–H groups in total. The molecule has 0 aromatic heterocycles. The van der Waals surface area contributed by atoms with Crippen molar-refractivity contribution in [2.24, 2.45) is 0 Å². The van der Waals surface area contributed by atoms with Gasteiger partial charge in [0.15, 0.2) is 0 Å². The van der Waals surface area contributed by atoms with Crippen molar-refractivity contribution in [3.8, 4) is 11.8 Å². The lowest BCUT2D eigenvalue weighted by molar-refractivity contribution is -0.112. The van der Waals surface area contributed by atoms with Crippen LogP contribution in [0, 0.1) is 11.3 Å². The summed E-state index contributed by atoms with van der Waals surface area (Å²) in [5.41, 5.74) is 1.05. The highest BCUT2D eigenvalue weighted by Crippen LogP contribution is 2.26. The normalized spacial score (nSPS) is 10.8. The van der Waals surface area contributed by atoms with Crippen LogP contribution in [0.25, 0.3) is 6.08 Å². The summed E-state index contributed by atoms with van der Waals surface area (Å²) >= 11 is 11.8. The average molecular weight is 347 g/mol. The van der Waals surface area contributed by atoms with Gasteiger partial charge in [-0.2, -0.15) is 5.26 Å². The van der Waals surface area contributed by atoms with Gasteiger partial charge in [-0.25, -0.2) is 0 Å². The highest BCUT2D eigenvalue weighted by molar-refractivity contribution is 6.36. The molecule has 116 valence electrons. The quantitative estimate of drug-likeness (QED) is 0.652. The van der Waals surface area contributed by atoms with Gasteiger partial charge in [-0.1, -0.05) is 35.3 Å². The molecule has 0 aliphatic heterocycles. The number of hydrogen-bond acceptors (Lipinski definition) is 3. The van der Waals surface area contributed by atoms with Gasteiger partial charge in [0, 0.05) is 5.02 Å². The first-order valence-electron chi connectivity index (χ1n) is 6.55. The van der Waals surface area contributed by atoms with E-state index in [0.717, 1.165) is 0 Å². The third-order valence-electron chi connectivity index (χ3n) is 2.97. The zero-order valence-electron chi connectivity index (χ0n) is 12.1. The molecule has 0 bridgehead atoms. The molecule has 2 rings (SSSR count). The molecule has 1 amide bonds. The van der Waals surface area contributed by atoms with Crippen LogP contribution in [0.1, 0.15) is 5.56 Å². The summed E-state index contributed by atoms with van der Waals surface area (Å²) in [4.78, 5) is 12.2. The number of anilines is 1. The van der Waals surface area contributed by atoms with Gasteiger partial charge in [-0.05, 0) is 42.0 Å². The number of halogens is 2. The van der Waals surface area contributed by atoms with Gasteiger partial charge >= 0.3 is 0 Å². The predicted molar refractivity (Wildman–Crippen MR) is 91.7 cm³/mol. The molecule has 0 fully saturated rings. The second kappa shape index (κ2) is 7.68. The molecular formula is C17H12Cl2N2O2. The van der Waals surface area contributed by atoms with Gasteiger partial charge in [-0.3, -0.25) is 4.79 Å². The second-order valence-electron chi connectivity index (χ2n) is 4.52. The standard InChI is InChI=1S/C17H12Cl2N2O2/c1-23-14-5-2-11(3-6-14)8-12(10-20)17(22)21-16-7-4-13(18)9-15(16)19/h2-9H,1H3,(H,21,22)/b12-8+. The number of benzene rings is 2.